The van der Waals surface area contributed by atoms with Crippen LogP contribution in [-0.2, 0) is 12.8 Å². The van der Waals surface area contributed by atoms with E-state index in [0.717, 1.165) is 29.7 Å². The van der Waals surface area contributed by atoms with Crippen LogP contribution in [0.25, 0.3) is 0 Å². The van der Waals surface area contributed by atoms with Crippen molar-refractivity contribution < 1.29 is 19.1 Å². The molecule has 0 fully saturated rings. The van der Waals surface area contributed by atoms with Crippen LogP contribution in [-0.4, -0.2) is 36.4 Å². The lowest BCUT2D eigenvalue weighted by Crippen LogP contribution is -2.26. The number of Topliss-reactive ketones (excluding diaryl/α,β-unsaturated/α-hetero) is 1. The van der Waals surface area contributed by atoms with Crippen LogP contribution >= 0.6 is 11.6 Å². The van der Waals surface area contributed by atoms with Crippen molar-refractivity contribution >= 4 is 23.3 Å². The molecule has 1 aliphatic heterocycles. The van der Waals surface area contributed by atoms with E-state index in [0.29, 0.717) is 60.4 Å². The fourth-order valence-electron chi connectivity index (χ4n) is 3.72. The zero-order valence-corrected chi connectivity index (χ0v) is 15.9. The van der Waals surface area contributed by atoms with Crippen LogP contribution in [0.1, 0.15) is 50.5 Å². The van der Waals surface area contributed by atoms with Gasteiger partial charge in [-0.25, -0.2) is 0 Å². The lowest BCUT2D eigenvalue weighted by molar-refractivity contribution is 0.0948. The molecule has 4 rings (SSSR count). The highest BCUT2D eigenvalue weighted by Crippen LogP contribution is 2.38. The molecule has 0 bridgehead atoms. The molecular formula is C20H21ClN2O4. The van der Waals surface area contributed by atoms with Crippen LogP contribution in [0.2, 0.25) is 5.02 Å². The first-order valence-corrected chi connectivity index (χ1v) is 9.53. The molecule has 142 valence electrons. The van der Waals surface area contributed by atoms with E-state index in [2.05, 4.69) is 10.3 Å². The quantitative estimate of drug-likeness (QED) is 0.842. The molecule has 0 saturated carbocycles. The molecule has 1 amide bonds. The molecule has 7 heteroatoms. The van der Waals surface area contributed by atoms with Gasteiger partial charge < -0.3 is 19.8 Å². The standard InChI is InChI=1S/C20H21ClN2O4/c1-11-17-14(3-2-4-15(17)24)23-18(11)20(25)22-6-5-12-9-13(21)19-16(10-12)26-7-8-27-19/h9-10,23H,2-8H2,1H3,(H,22,25). The number of rotatable bonds is 4. The van der Waals surface area contributed by atoms with Crippen molar-refractivity contribution in [2.45, 2.75) is 32.6 Å². The first-order valence-electron chi connectivity index (χ1n) is 9.15. The lowest BCUT2D eigenvalue weighted by Gasteiger charge is -2.20. The van der Waals surface area contributed by atoms with Gasteiger partial charge in [-0.3, -0.25) is 9.59 Å². The molecule has 2 aliphatic rings. The summed E-state index contributed by atoms with van der Waals surface area (Å²) >= 11 is 6.25. The number of aromatic amines is 1. The van der Waals surface area contributed by atoms with Crippen molar-refractivity contribution in [2.75, 3.05) is 19.8 Å². The Hall–Kier alpha value is -2.47. The monoisotopic (exact) mass is 388 g/mol. The molecule has 0 atom stereocenters. The molecule has 6 nitrogen and oxygen atoms in total. The zero-order valence-electron chi connectivity index (χ0n) is 15.1. The third-order valence-electron chi connectivity index (χ3n) is 5.02. The fraction of sp³-hybridized carbons (Fsp3) is 0.400. The summed E-state index contributed by atoms with van der Waals surface area (Å²) in [5.74, 6) is 1.14. The second-order valence-corrected chi connectivity index (χ2v) is 7.27. The fourth-order valence-corrected chi connectivity index (χ4v) is 4.01. The summed E-state index contributed by atoms with van der Waals surface area (Å²) in [7, 11) is 0. The Balaban J connectivity index is 1.42. The molecule has 27 heavy (non-hydrogen) atoms. The third-order valence-corrected chi connectivity index (χ3v) is 5.30. The molecule has 0 unspecified atom stereocenters. The minimum atomic E-state index is -0.196. The Bertz CT molecular complexity index is 919. The summed E-state index contributed by atoms with van der Waals surface area (Å²) < 4.78 is 11.1. The topological polar surface area (TPSA) is 80.4 Å². The van der Waals surface area contributed by atoms with Crippen LogP contribution in [0.5, 0.6) is 11.5 Å². The third kappa shape index (κ3) is 3.41. The van der Waals surface area contributed by atoms with Crippen LogP contribution in [0.3, 0.4) is 0 Å². The van der Waals surface area contributed by atoms with Gasteiger partial charge in [0.25, 0.3) is 5.91 Å². The van der Waals surface area contributed by atoms with E-state index >= 15 is 0 Å². The number of amides is 1. The number of carbonyl (C=O) groups is 2. The normalized spacial score (nSPS) is 15.4. The second kappa shape index (κ2) is 7.27. The second-order valence-electron chi connectivity index (χ2n) is 6.86. The first-order chi connectivity index (χ1) is 13.0. The predicted molar refractivity (Wildman–Crippen MR) is 101 cm³/mol. The molecule has 2 N–H and O–H groups in total. The van der Waals surface area contributed by atoms with E-state index in [1.807, 2.05) is 19.1 Å². The number of halogens is 1. The van der Waals surface area contributed by atoms with Crippen LogP contribution in [0.4, 0.5) is 0 Å². The van der Waals surface area contributed by atoms with E-state index in [-0.39, 0.29) is 11.7 Å². The van der Waals surface area contributed by atoms with Gasteiger partial charge in [0.2, 0.25) is 0 Å². The van der Waals surface area contributed by atoms with Gasteiger partial charge >= 0.3 is 0 Å². The van der Waals surface area contributed by atoms with E-state index in [4.69, 9.17) is 21.1 Å². The van der Waals surface area contributed by atoms with Crippen molar-refractivity contribution in [1.29, 1.82) is 0 Å². The molecular weight excluding hydrogens is 368 g/mol. The van der Waals surface area contributed by atoms with Gasteiger partial charge in [0.05, 0.1) is 5.02 Å². The number of carbonyl (C=O) groups excluding carboxylic acids is 2. The molecule has 1 aliphatic carbocycles. The summed E-state index contributed by atoms with van der Waals surface area (Å²) in [4.78, 5) is 27.8. The van der Waals surface area contributed by atoms with Gasteiger partial charge in [-0.1, -0.05) is 11.6 Å². The highest BCUT2D eigenvalue weighted by atomic mass is 35.5. The number of aryl methyl sites for hydroxylation is 1. The minimum absolute atomic E-state index is 0.120. The summed E-state index contributed by atoms with van der Waals surface area (Å²) in [6.07, 6.45) is 2.81. The van der Waals surface area contributed by atoms with Crippen LogP contribution < -0.4 is 14.8 Å². The number of ketones is 1. The number of ether oxygens (including phenoxy) is 2. The maximum absolute atomic E-state index is 12.6. The molecule has 1 aromatic heterocycles. The number of aromatic nitrogens is 1. The Morgan fingerprint density at radius 2 is 2.07 bits per heavy atom. The van der Waals surface area contributed by atoms with Crippen molar-refractivity contribution in [3.05, 3.63) is 45.2 Å². The average molecular weight is 389 g/mol. The molecule has 0 radical (unpaired) electrons. The van der Waals surface area contributed by atoms with Crippen LogP contribution in [0, 0.1) is 6.92 Å². The van der Waals surface area contributed by atoms with Gasteiger partial charge in [-0.2, -0.15) is 0 Å². The number of H-pyrrole nitrogens is 1. The van der Waals surface area contributed by atoms with Gasteiger partial charge in [0.1, 0.15) is 18.9 Å². The number of hydrogen-bond donors (Lipinski definition) is 2. The summed E-state index contributed by atoms with van der Waals surface area (Å²) in [5.41, 5.74) is 3.77. The highest BCUT2D eigenvalue weighted by Gasteiger charge is 2.26. The zero-order chi connectivity index (χ0) is 19.0. The average Bonchev–Trinajstić information content (AvgIpc) is 3.00. The number of hydrogen-bond acceptors (Lipinski definition) is 4. The smallest absolute Gasteiger partial charge is 0.268 e. The number of nitrogens with one attached hydrogen (secondary N) is 2. The van der Waals surface area contributed by atoms with E-state index in [1.165, 1.54) is 0 Å². The number of fused-ring (bicyclic) bond motifs is 2. The SMILES string of the molecule is Cc1c(C(=O)NCCc2cc(Cl)c3c(c2)OCCO3)[nH]c2c1C(=O)CCC2. The molecule has 2 heterocycles. The van der Waals surface area contributed by atoms with Gasteiger partial charge in [0, 0.05) is 24.2 Å². The Morgan fingerprint density at radius 1 is 1.26 bits per heavy atom. The molecule has 1 aromatic carbocycles. The van der Waals surface area contributed by atoms with Gasteiger partial charge in [-0.15, -0.1) is 0 Å². The largest absolute Gasteiger partial charge is 0.486 e. The highest BCUT2D eigenvalue weighted by molar-refractivity contribution is 6.32. The lowest BCUT2D eigenvalue weighted by atomic mass is 9.94. The minimum Gasteiger partial charge on any atom is -0.486 e. The Labute approximate surface area is 162 Å². The van der Waals surface area contributed by atoms with E-state index in [1.54, 1.807) is 0 Å². The van der Waals surface area contributed by atoms with Gasteiger partial charge in [-0.05, 0) is 49.4 Å². The maximum atomic E-state index is 12.6. The van der Waals surface area contributed by atoms with Crippen molar-refractivity contribution in [3.8, 4) is 11.5 Å². The predicted octanol–water partition coefficient (Wildman–Crippen LogP) is 3.24. The maximum Gasteiger partial charge on any atom is 0.268 e. The van der Waals surface area contributed by atoms with Gasteiger partial charge in [0.15, 0.2) is 17.3 Å². The summed E-state index contributed by atoms with van der Waals surface area (Å²) in [6, 6.07) is 3.72. The number of benzene rings is 1. The Kier molecular flexibility index (Phi) is 4.83. The van der Waals surface area contributed by atoms with Crippen LogP contribution in [0.15, 0.2) is 12.1 Å². The van der Waals surface area contributed by atoms with Crippen molar-refractivity contribution in [2.24, 2.45) is 0 Å². The van der Waals surface area contributed by atoms with E-state index < -0.39 is 0 Å². The van der Waals surface area contributed by atoms with Crippen molar-refractivity contribution in [1.82, 2.24) is 10.3 Å². The van der Waals surface area contributed by atoms with Crippen molar-refractivity contribution in [3.63, 3.8) is 0 Å². The molecule has 2 aromatic rings. The first kappa shape index (κ1) is 17.9. The summed E-state index contributed by atoms with van der Waals surface area (Å²) in [5, 5.41) is 3.43. The summed E-state index contributed by atoms with van der Waals surface area (Å²) in [6.45, 7) is 3.27. The molecule has 0 saturated heterocycles. The Morgan fingerprint density at radius 3 is 2.89 bits per heavy atom. The molecule has 0 spiro atoms. The van der Waals surface area contributed by atoms with E-state index in [9.17, 15) is 9.59 Å².